The summed E-state index contributed by atoms with van der Waals surface area (Å²) in [5, 5.41) is 0. The summed E-state index contributed by atoms with van der Waals surface area (Å²) in [5.74, 6) is 1.76. The molecule has 6 nitrogen and oxygen atoms in total. The number of hydrogen-bond acceptors (Lipinski definition) is 5. The molecule has 0 N–H and O–H groups in total. The Kier molecular flexibility index (Phi) is 6.70. The van der Waals surface area contributed by atoms with Gasteiger partial charge >= 0.3 is 5.97 Å². The van der Waals surface area contributed by atoms with Crippen LogP contribution in [-0.2, 0) is 20.9 Å². The van der Waals surface area contributed by atoms with Crippen molar-refractivity contribution in [2.24, 2.45) is 5.92 Å². The van der Waals surface area contributed by atoms with E-state index in [2.05, 4.69) is 17.9 Å². The molecule has 0 radical (unpaired) electrons. The fourth-order valence-corrected chi connectivity index (χ4v) is 5.39. The Morgan fingerprint density at radius 3 is 2.53 bits per heavy atom. The number of aryl methyl sites for hydroxylation is 1. The molecule has 2 fully saturated rings. The Hall–Kier alpha value is -2.60. The Bertz CT molecular complexity index is 930. The standard InChI is InChI=1S/C26H34N2O4/c1-19(23-10-9-20(2)32-23)11-14-27-15-12-26(13-16-27)22(25(30)31-3)17-24(29)28(26)18-21-7-5-4-6-8-21/h4-10,19,22H,11-18H2,1-3H3. The number of esters is 1. The average Bonchev–Trinajstić information content (AvgIpc) is 3.36. The monoisotopic (exact) mass is 438 g/mol. The molecule has 2 saturated heterocycles. The number of nitrogens with zero attached hydrogens (tertiary/aromatic N) is 2. The first-order valence-electron chi connectivity index (χ1n) is 11.6. The lowest BCUT2D eigenvalue weighted by Gasteiger charge is -2.47. The minimum atomic E-state index is -0.458. The molecule has 1 aromatic carbocycles. The van der Waals surface area contributed by atoms with E-state index in [-0.39, 0.29) is 18.3 Å². The molecule has 2 unspecified atom stereocenters. The molecule has 1 amide bonds. The molecule has 2 aliphatic heterocycles. The molecule has 0 saturated carbocycles. The number of benzene rings is 1. The van der Waals surface area contributed by atoms with Gasteiger partial charge in [0.05, 0.1) is 18.6 Å². The number of methoxy groups -OCH3 is 1. The van der Waals surface area contributed by atoms with Crippen LogP contribution in [0.5, 0.6) is 0 Å². The summed E-state index contributed by atoms with van der Waals surface area (Å²) in [6, 6.07) is 14.1. The van der Waals surface area contributed by atoms with E-state index in [1.54, 1.807) is 0 Å². The fraction of sp³-hybridized carbons (Fsp3) is 0.538. The largest absolute Gasteiger partial charge is 0.469 e. The van der Waals surface area contributed by atoms with Gasteiger partial charge in [0.2, 0.25) is 5.91 Å². The van der Waals surface area contributed by atoms with Crippen molar-refractivity contribution >= 4 is 11.9 Å². The molecule has 1 aromatic heterocycles. The topological polar surface area (TPSA) is 63.0 Å². The van der Waals surface area contributed by atoms with Crippen LogP contribution in [0.25, 0.3) is 0 Å². The fourth-order valence-electron chi connectivity index (χ4n) is 5.39. The number of rotatable bonds is 7. The van der Waals surface area contributed by atoms with Crippen LogP contribution in [0.2, 0.25) is 0 Å². The first-order valence-corrected chi connectivity index (χ1v) is 11.6. The maximum Gasteiger partial charge on any atom is 0.311 e. The zero-order valence-electron chi connectivity index (χ0n) is 19.4. The Morgan fingerprint density at radius 1 is 1.19 bits per heavy atom. The molecule has 2 aromatic rings. The number of furan rings is 1. The first kappa shape index (κ1) is 22.6. The van der Waals surface area contributed by atoms with Crippen molar-refractivity contribution in [2.75, 3.05) is 26.7 Å². The number of ether oxygens (including phenoxy) is 1. The highest BCUT2D eigenvalue weighted by Gasteiger charge is 2.56. The van der Waals surface area contributed by atoms with Crippen LogP contribution in [0.1, 0.15) is 55.6 Å². The van der Waals surface area contributed by atoms with Crippen LogP contribution in [0.4, 0.5) is 0 Å². The second-order valence-electron chi connectivity index (χ2n) is 9.33. The third kappa shape index (κ3) is 4.46. The van der Waals surface area contributed by atoms with Gasteiger partial charge in [-0.1, -0.05) is 37.3 Å². The lowest BCUT2D eigenvalue weighted by Crippen LogP contribution is -2.57. The highest BCUT2D eigenvalue weighted by atomic mass is 16.5. The zero-order valence-corrected chi connectivity index (χ0v) is 19.4. The zero-order chi connectivity index (χ0) is 22.7. The molecule has 6 heteroatoms. The molecule has 4 rings (SSSR count). The van der Waals surface area contributed by atoms with Crippen molar-refractivity contribution in [1.82, 2.24) is 9.80 Å². The minimum Gasteiger partial charge on any atom is -0.469 e. The first-order chi connectivity index (χ1) is 15.4. The third-order valence-electron chi connectivity index (χ3n) is 7.38. The van der Waals surface area contributed by atoms with Crippen molar-refractivity contribution in [3.05, 3.63) is 59.5 Å². The van der Waals surface area contributed by atoms with Gasteiger partial charge in [0.1, 0.15) is 11.5 Å². The van der Waals surface area contributed by atoms with Crippen molar-refractivity contribution in [1.29, 1.82) is 0 Å². The van der Waals surface area contributed by atoms with E-state index in [0.29, 0.717) is 12.5 Å². The average molecular weight is 439 g/mol. The van der Waals surface area contributed by atoms with Crippen LogP contribution < -0.4 is 0 Å². The van der Waals surface area contributed by atoms with Gasteiger partial charge in [0, 0.05) is 32.0 Å². The molecule has 3 heterocycles. The molecular weight excluding hydrogens is 404 g/mol. The third-order valence-corrected chi connectivity index (χ3v) is 7.38. The van der Waals surface area contributed by atoms with Gasteiger partial charge in [0.25, 0.3) is 0 Å². The summed E-state index contributed by atoms with van der Waals surface area (Å²) in [6.45, 7) is 7.44. The molecular formula is C26H34N2O4. The normalized spacial score (nSPS) is 21.8. The highest BCUT2D eigenvalue weighted by molar-refractivity contribution is 5.89. The van der Waals surface area contributed by atoms with Gasteiger partial charge in [-0.2, -0.15) is 0 Å². The van der Waals surface area contributed by atoms with Crippen LogP contribution in [0.3, 0.4) is 0 Å². The van der Waals surface area contributed by atoms with Gasteiger partial charge in [-0.25, -0.2) is 0 Å². The number of carbonyl (C=O) groups is 2. The Balaban J connectivity index is 1.44. The van der Waals surface area contributed by atoms with E-state index < -0.39 is 11.5 Å². The van der Waals surface area contributed by atoms with E-state index in [4.69, 9.17) is 9.15 Å². The van der Waals surface area contributed by atoms with Gasteiger partial charge in [0.15, 0.2) is 0 Å². The maximum absolute atomic E-state index is 13.0. The van der Waals surface area contributed by atoms with E-state index in [9.17, 15) is 9.59 Å². The second-order valence-corrected chi connectivity index (χ2v) is 9.33. The lowest BCUT2D eigenvalue weighted by atomic mass is 9.76. The maximum atomic E-state index is 13.0. The van der Waals surface area contributed by atoms with Gasteiger partial charge in [-0.15, -0.1) is 0 Å². The van der Waals surface area contributed by atoms with Crippen LogP contribution >= 0.6 is 0 Å². The molecule has 172 valence electrons. The molecule has 1 spiro atoms. The van der Waals surface area contributed by atoms with E-state index >= 15 is 0 Å². The number of likely N-dealkylation sites (tertiary alicyclic amines) is 2. The molecule has 2 aliphatic rings. The summed E-state index contributed by atoms with van der Waals surface area (Å²) >= 11 is 0. The van der Waals surface area contributed by atoms with Crippen molar-refractivity contribution in [3.63, 3.8) is 0 Å². The van der Waals surface area contributed by atoms with Crippen LogP contribution in [0, 0.1) is 12.8 Å². The molecule has 0 bridgehead atoms. The summed E-state index contributed by atoms with van der Waals surface area (Å²) < 4.78 is 10.9. The predicted octanol–water partition coefficient (Wildman–Crippen LogP) is 4.14. The summed E-state index contributed by atoms with van der Waals surface area (Å²) in [5.41, 5.74) is 0.635. The van der Waals surface area contributed by atoms with Crippen LogP contribution in [0.15, 0.2) is 46.9 Å². The quantitative estimate of drug-likeness (QED) is 0.608. The summed E-state index contributed by atoms with van der Waals surface area (Å²) in [4.78, 5) is 30.1. The van der Waals surface area contributed by atoms with E-state index in [0.717, 1.165) is 56.0 Å². The van der Waals surface area contributed by atoms with Crippen molar-refractivity contribution < 1.29 is 18.7 Å². The van der Waals surface area contributed by atoms with E-state index in [1.165, 1.54) is 7.11 Å². The van der Waals surface area contributed by atoms with Gasteiger partial charge in [-0.05, 0) is 50.4 Å². The Morgan fingerprint density at radius 2 is 1.91 bits per heavy atom. The second kappa shape index (κ2) is 9.49. The lowest BCUT2D eigenvalue weighted by molar-refractivity contribution is -0.150. The summed E-state index contributed by atoms with van der Waals surface area (Å²) in [7, 11) is 1.42. The van der Waals surface area contributed by atoms with Gasteiger partial charge < -0.3 is 19.0 Å². The number of piperidine rings is 1. The number of amides is 1. The molecule has 2 atom stereocenters. The van der Waals surface area contributed by atoms with Crippen LogP contribution in [-0.4, -0.2) is 54.0 Å². The molecule has 0 aliphatic carbocycles. The minimum absolute atomic E-state index is 0.0551. The summed E-state index contributed by atoms with van der Waals surface area (Å²) in [6.07, 6.45) is 2.85. The van der Waals surface area contributed by atoms with Gasteiger partial charge in [-0.3, -0.25) is 9.59 Å². The Labute approximate surface area is 190 Å². The predicted molar refractivity (Wildman–Crippen MR) is 122 cm³/mol. The number of carbonyl (C=O) groups excluding carboxylic acids is 2. The molecule has 32 heavy (non-hydrogen) atoms. The van der Waals surface area contributed by atoms with E-state index in [1.807, 2.05) is 48.2 Å². The SMILES string of the molecule is COC(=O)C1CC(=O)N(Cc2ccccc2)C12CCN(CCC(C)c1ccc(C)o1)CC2. The van der Waals surface area contributed by atoms with Crippen molar-refractivity contribution in [2.45, 2.75) is 57.5 Å². The highest BCUT2D eigenvalue weighted by Crippen LogP contribution is 2.45. The number of hydrogen-bond donors (Lipinski definition) is 0. The smallest absolute Gasteiger partial charge is 0.311 e. The van der Waals surface area contributed by atoms with Crippen molar-refractivity contribution in [3.8, 4) is 0 Å².